The Morgan fingerprint density at radius 1 is 1.00 bits per heavy atom. The molecular formula is C24H24ClN3O5S2. The standard InChI is InChI=1S/C24H24ClN3O5S2/c25-19-8-4-17(5-9-19)16-21-23(30)28(24(31)34-21)15-12-26-22(29)18-6-10-20(11-7-18)35(32,33)27-13-2-1-3-14-27/h4-11,16H,1-3,12-15H2,(H,26,29). The van der Waals surface area contributed by atoms with E-state index in [2.05, 4.69) is 5.32 Å². The van der Waals surface area contributed by atoms with E-state index in [0.717, 1.165) is 41.5 Å². The Bertz CT molecular complexity index is 1260. The second kappa shape index (κ2) is 10.9. The second-order valence-electron chi connectivity index (χ2n) is 8.13. The van der Waals surface area contributed by atoms with Gasteiger partial charge >= 0.3 is 0 Å². The highest BCUT2D eigenvalue weighted by Crippen LogP contribution is 2.32. The van der Waals surface area contributed by atoms with Crippen LogP contribution >= 0.6 is 23.4 Å². The second-order valence-corrected chi connectivity index (χ2v) is 11.5. The quantitative estimate of drug-likeness (QED) is 0.540. The van der Waals surface area contributed by atoms with Crippen LogP contribution in [0.1, 0.15) is 35.2 Å². The molecule has 0 spiro atoms. The normalized spacial score (nSPS) is 18.3. The van der Waals surface area contributed by atoms with Crippen LogP contribution in [0.5, 0.6) is 0 Å². The molecule has 0 saturated carbocycles. The van der Waals surface area contributed by atoms with Gasteiger partial charge in [0, 0.05) is 36.8 Å². The van der Waals surface area contributed by atoms with Crippen molar-refractivity contribution >= 4 is 56.5 Å². The number of halogens is 1. The monoisotopic (exact) mass is 533 g/mol. The van der Waals surface area contributed by atoms with Crippen LogP contribution in [0, 0.1) is 0 Å². The molecule has 35 heavy (non-hydrogen) atoms. The van der Waals surface area contributed by atoms with Crippen LogP contribution in [0.4, 0.5) is 4.79 Å². The number of carbonyl (C=O) groups is 3. The third-order valence-electron chi connectivity index (χ3n) is 5.73. The first-order valence-electron chi connectivity index (χ1n) is 11.1. The van der Waals surface area contributed by atoms with E-state index in [1.807, 2.05) is 0 Å². The summed E-state index contributed by atoms with van der Waals surface area (Å²) in [4.78, 5) is 38.9. The maximum absolute atomic E-state index is 12.7. The third kappa shape index (κ3) is 5.95. The molecule has 0 radical (unpaired) electrons. The molecule has 2 aromatic carbocycles. The number of nitrogens with zero attached hydrogens (tertiary/aromatic N) is 2. The largest absolute Gasteiger partial charge is 0.350 e. The molecule has 0 atom stereocenters. The van der Waals surface area contributed by atoms with Crippen molar-refractivity contribution in [3.63, 3.8) is 0 Å². The van der Waals surface area contributed by atoms with Gasteiger partial charge in [0.05, 0.1) is 9.80 Å². The van der Waals surface area contributed by atoms with Gasteiger partial charge in [-0.2, -0.15) is 4.31 Å². The van der Waals surface area contributed by atoms with Crippen LogP contribution in [-0.4, -0.2) is 60.9 Å². The Hall–Kier alpha value is -2.66. The van der Waals surface area contributed by atoms with E-state index in [-0.39, 0.29) is 18.0 Å². The van der Waals surface area contributed by atoms with E-state index < -0.39 is 27.1 Å². The first-order valence-corrected chi connectivity index (χ1v) is 13.8. The van der Waals surface area contributed by atoms with Crippen molar-refractivity contribution in [3.8, 4) is 0 Å². The van der Waals surface area contributed by atoms with Gasteiger partial charge in [0.2, 0.25) is 10.0 Å². The lowest BCUT2D eigenvalue weighted by Gasteiger charge is -2.25. The molecule has 4 rings (SSSR count). The van der Waals surface area contributed by atoms with Crippen molar-refractivity contribution in [1.82, 2.24) is 14.5 Å². The highest BCUT2D eigenvalue weighted by molar-refractivity contribution is 8.18. The molecule has 2 fully saturated rings. The van der Waals surface area contributed by atoms with Crippen LogP contribution in [0.3, 0.4) is 0 Å². The summed E-state index contributed by atoms with van der Waals surface area (Å²) in [6, 6.07) is 12.7. The highest BCUT2D eigenvalue weighted by Gasteiger charge is 2.34. The maximum Gasteiger partial charge on any atom is 0.293 e. The van der Waals surface area contributed by atoms with Gasteiger partial charge in [-0.15, -0.1) is 0 Å². The zero-order valence-corrected chi connectivity index (χ0v) is 21.2. The molecule has 0 unspecified atom stereocenters. The summed E-state index contributed by atoms with van der Waals surface area (Å²) >= 11 is 6.72. The van der Waals surface area contributed by atoms with Gasteiger partial charge in [-0.05, 0) is 72.6 Å². The van der Waals surface area contributed by atoms with Crippen molar-refractivity contribution in [2.45, 2.75) is 24.2 Å². The fourth-order valence-electron chi connectivity index (χ4n) is 3.82. The number of piperidine rings is 1. The number of hydrogen-bond donors (Lipinski definition) is 1. The molecule has 2 saturated heterocycles. The van der Waals surface area contributed by atoms with Gasteiger partial charge < -0.3 is 5.32 Å². The van der Waals surface area contributed by atoms with Gasteiger partial charge in [0.25, 0.3) is 17.1 Å². The molecule has 0 aromatic heterocycles. The smallest absolute Gasteiger partial charge is 0.293 e. The summed E-state index contributed by atoms with van der Waals surface area (Å²) in [5.41, 5.74) is 1.04. The molecule has 2 aliphatic heterocycles. The first kappa shape index (κ1) is 25.4. The molecule has 0 bridgehead atoms. The first-order chi connectivity index (χ1) is 16.8. The summed E-state index contributed by atoms with van der Waals surface area (Å²) < 4.78 is 27.0. The van der Waals surface area contributed by atoms with Gasteiger partial charge in [-0.3, -0.25) is 19.3 Å². The van der Waals surface area contributed by atoms with Crippen molar-refractivity contribution in [3.05, 3.63) is 69.6 Å². The minimum absolute atomic E-state index is 0.0236. The molecule has 184 valence electrons. The number of amides is 3. The Labute approximate surface area is 213 Å². The van der Waals surface area contributed by atoms with Crippen LogP contribution in [0.2, 0.25) is 5.02 Å². The zero-order chi connectivity index (χ0) is 25.0. The van der Waals surface area contributed by atoms with Crippen molar-refractivity contribution in [2.24, 2.45) is 0 Å². The number of rotatable bonds is 7. The molecule has 11 heteroatoms. The molecule has 3 amide bonds. The molecule has 0 aliphatic carbocycles. The minimum Gasteiger partial charge on any atom is -0.350 e. The number of sulfonamides is 1. The summed E-state index contributed by atoms with van der Waals surface area (Å²) in [6.07, 6.45) is 4.34. The average molecular weight is 534 g/mol. The zero-order valence-electron chi connectivity index (χ0n) is 18.8. The fraction of sp³-hybridized carbons (Fsp3) is 0.292. The molecular weight excluding hydrogens is 510 g/mol. The Balaban J connectivity index is 1.32. The lowest BCUT2D eigenvalue weighted by atomic mass is 10.2. The lowest BCUT2D eigenvalue weighted by molar-refractivity contribution is -0.122. The van der Waals surface area contributed by atoms with E-state index >= 15 is 0 Å². The Kier molecular flexibility index (Phi) is 7.95. The Morgan fingerprint density at radius 2 is 1.66 bits per heavy atom. The summed E-state index contributed by atoms with van der Waals surface area (Å²) in [5.74, 6) is -0.841. The van der Waals surface area contributed by atoms with Crippen LogP contribution in [0.15, 0.2) is 58.3 Å². The molecule has 2 aliphatic rings. The predicted octanol–water partition coefficient (Wildman–Crippen LogP) is 3.98. The van der Waals surface area contributed by atoms with E-state index in [4.69, 9.17) is 11.6 Å². The number of nitrogens with one attached hydrogen (secondary N) is 1. The number of benzene rings is 2. The average Bonchev–Trinajstić information content (AvgIpc) is 3.13. The highest BCUT2D eigenvalue weighted by atomic mass is 35.5. The van der Waals surface area contributed by atoms with Gasteiger partial charge in [-0.1, -0.05) is 30.2 Å². The third-order valence-corrected chi connectivity index (χ3v) is 8.80. The summed E-state index contributed by atoms with van der Waals surface area (Å²) in [5, 5.41) is 2.84. The minimum atomic E-state index is -3.57. The number of imide groups is 1. The fourth-order valence-corrected chi connectivity index (χ4v) is 6.33. The lowest BCUT2D eigenvalue weighted by Crippen LogP contribution is -2.37. The summed E-state index contributed by atoms with van der Waals surface area (Å²) in [6.45, 7) is 1.11. The van der Waals surface area contributed by atoms with Gasteiger partial charge in [0.15, 0.2) is 0 Å². The number of carbonyl (C=O) groups excluding carboxylic acids is 3. The van der Waals surface area contributed by atoms with E-state index in [1.165, 1.54) is 28.6 Å². The van der Waals surface area contributed by atoms with Gasteiger partial charge in [-0.25, -0.2) is 8.42 Å². The van der Waals surface area contributed by atoms with Crippen molar-refractivity contribution in [2.75, 3.05) is 26.2 Å². The van der Waals surface area contributed by atoms with Crippen LogP contribution in [-0.2, 0) is 14.8 Å². The number of hydrogen-bond acceptors (Lipinski definition) is 6. The van der Waals surface area contributed by atoms with Crippen molar-refractivity contribution in [1.29, 1.82) is 0 Å². The van der Waals surface area contributed by atoms with Gasteiger partial charge in [0.1, 0.15) is 0 Å². The van der Waals surface area contributed by atoms with Crippen molar-refractivity contribution < 1.29 is 22.8 Å². The molecule has 2 heterocycles. The summed E-state index contributed by atoms with van der Waals surface area (Å²) in [7, 11) is -3.57. The molecule has 2 aromatic rings. The van der Waals surface area contributed by atoms with Crippen LogP contribution in [0.25, 0.3) is 6.08 Å². The Morgan fingerprint density at radius 3 is 2.31 bits per heavy atom. The number of thioether (sulfide) groups is 1. The maximum atomic E-state index is 12.7. The SMILES string of the molecule is O=C(NCCN1C(=O)SC(=Cc2ccc(Cl)cc2)C1=O)c1ccc(S(=O)(=O)N2CCCCC2)cc1. The van der Waals surface area contributed by atoms with E-state index in [9.17, 15) is 22.8 Å². The molecule has 8 nitrogen and oxygen atoms in total. The van der Waals surface area contributed by atoms with E-state index in [1.54, 1.807) is 30.3 Å². The topological polar surface area (TPSA) is 104 Å². The molecule has 1 N–H and O–H groups in total. The predicted molar refractivity (Wildman–Crippen MR) is 136 cm³/mol. The van der Waals surface area contributed by atoms with Crippen LogP contribution < -0.4 is 5.32 Å². The van der Waals surface area contributed by atoms with E-state index in [0.29, 0.717) is 28.6 Å².